The summed E-state index contributed by atoms with van der Waals surface area (Å²) >= 11 is 3.33. The van der Waals surface area contributed by atoms with Crippen LogP contribution in [0.25, 0.3) is 0 Å². The van der Waals surface area contributed by atoms with E-state index in [0.29, 0.717) is 18.7 Å². The summed E-state index contributed by atoms with van der Waals surface area (Å²) in [7, 11) is 0. The molecule has 0 bridgehead atoms. The van der Waals surface area contributed by atoms with Crippen LogP contribution in [0.5, 0.6) is 0 Å². The third-order valence-corrected chi connectivity index (χ3v) is 4.47. The third-order valence-electron chi connectivity index (χ3n) is 4.03. The highest BCUT2D eigenvalue weighted by molar-refractivity contribution is 9.10. The van der Waals surface area contributed by atoms with Gasteiger partial charge in [-0.05, 0) is 34.8 Å². The molecule has 0 unspecified atom stereocenters. The Morgan fingerprint density at radius 2 is 2.05 bits per heavy atom. The second-order valence-corrected chi connectivity index (χ2v) is 6.26. The first-order valence-electron chi connectivity index (χ1n) is 7.09. The van der Waals surface area contributed by atoms with E-state index in [1.807, 2.05) is 9.80 Å². The molecule has 2 fully saturated rings. The molecule has 0 aliphatic carbocycles. The molecule has 1 aromatic rings. The number of nitrogens with one attached hydrogen (secondary N) is 1. The minimum atomic E-state index is 0.00752. The molecule has 0 saturated carbocycles. The molecule has 3 rings (SSSR count). The summed E-state index contributed by atoms with van der Waals surface area (Å²) in [4.78, 5) is 31.9. The van der Waals surface area contributed by atoms with Crippen molar-refractivity contribution in [3.05, 3.63) is 28.5 Å². The van der Waals surface area contributed by atoms with Crippen LogP contribution < -0.4 is 5.32 Å². The Morgan fingerprint density at radius 1 is 1.29 bits per heavy atom. The van der Waals surface area contributed by atoms with Gasteiger partial charge in [0.15, 0.2) is 0 Å². The van der Waals surface area contributed by atoms with Gasteiger partial charge in [-0.3, -0.25) is 9.78 Å². The second-order valence-electron chi connectivity index (χ2n) is 5.34. The van der Waals surface area contributed by atoms with Crippen LogP contribution in [0.3, 0.4) is 0 Å². The molecule has 3 heterocycles. The Bertz CT molecular complexity index is 558. The third kappa shape index (κ3) is 3.02. The lowest BCUT2D eigenvalue weighted by Gasteiger charge is -2.36. The summed E-state index contributed by atoms with van der Waals surface area (Å²) in [6.45, 7) is 2.86. The number of nitrogens with zero attached hydrogens (tertiary/aromatic N) is 3. The maximum atomic E-state index is 12.4. The van der Waals surface area contributed by atoms with Gasteiger partial charge in [0.2, 0.25) is 0 Å². The minimum Gasteiger partial charge on any atom is -0.338 e. The van der Waals surface area contributed by atoms with Crippen LogP contribution in [-0.2, 0) is 0 Å². The molecule has 0 radical (unpaired) electrons. The molecule has 2 aliphatic rings. The zero-order valence-electron chi connectivity index (χ0n) is 11.6. The summed E-state index contributed by atoms with van der Waals surface area (Å²) < 4.78 is 0.803. The number of piperidine rings is 1. The lowest BCUT2D eigenvalue weighted by Crippen LogP contribution is -2.47. The molecule has 2 saturated heterocycles. The topological polar surface area (TPSA) is 65.5 Å². The van der Waals surface area contributed by atoms with Gasteiger partial charge in [-0.1, -0.05) is 0 Å². The smallest absolute Gasteiger partial charge is 0.317 e. The fourth-order valence-corrected chi connectivity index (χ4v) is 3.29. The molecule has 7 heteroatoms. The first kappa shape index (κ1) is 14.3. The number of hydrogen-bond donors (Lipinski definition) is 1. The summed E-state index contributed by atoms with van der Waals surface area (Å²) in [6, 6.07) is 2.06. The van der Waals surface area contributed by atoms with Crippen LogP contribution in [0.15, 0.2) is 22.9 Å². The number of urea groups is 1. The number of pyridine rings is 1. The first-order chi connectivity index (χ1) is 10.1. The molecule has 0 spiro atoms. The van der Waals surface area contributed by atoms with Gasteiger partial charge in [0.25, 0.3) is 5.91 Å². The van der Waals surface area contributed by atoms with Gasteiger partial charge in [0.05, 0.1) is 5.56 Å². The van der Waals surface area contributed by atoms with E-state index < -0.39 is 0 Å². The van der Waals surface area contributed by atoms with Gasteiger partial charge in [0, 0.05) is 49.1 Å². The van der Waals surface area contributed by atoms with E-state index in [4.69, 9.17) is 0 Å². The molecular weight excluding hydrogens is 336 g/mol. The first-order valence-corrected chi connectivity index (χ1v) is 7.89. The Balaban J connectivity index is 1.60. The standard InChI is InChI=1S/C14H17BrN4O2/c15-11-7-10(8-16-9-11)13(20)18-4-1-12(2-5-18)19-6-3-17-14(19)21/h7-9,12H,1-6H2,(H,17,21). The zero-order valence-corrected chi connectivity index (χ0v) is 13.2. The number of rotatable bonds is 2. The van der Waals surface area contributed by atoms with E-state index >= 15 is 0 Å². The summed E-state index contributed by atoms with van der Waals surface area (Å²) in [5.74, 6) is 0.00752. The molecule has 21 heavy (non-hydrogen) atoms. The van der Waals surface area contributed by atoms with Crippen molar-refractivity contribution in [2.45, 2.75) is 18.9 Å². The predicted molar refractivity (Wildman–Crippen MR) is 81.0 cm³/mol. The molecule has 3 amide bonds. The van der Waals surface area contributed by atoms with Crippen molar-refractivity contribution in [2.75, 3.05) is 26.2 Å². The Kier molecular flexibility index (Phi) is 4.10. The van der Waals surface area contributed by atoms with E-state index in [1.54, 1.807) is 18.5 Å². The number of carbonyl (C=O) groups is 2. The maximum absolute atomic E-state index is 12.4. The van der Waals surface area contributed by atoms with Gasteiger partial charge in [-0.15, -0.1) is 0 Å². The van der Waals surface area contributed by atoms with Crippen LogP contribution >= 0.6 is 15.9 Å². The molecule has 0 aromatic carbocycles. The molecule has 1 aromatic heterocycles. The highest BCUT2D eigenvalue weighted by Gasteiger charge is 2.32. The lowest BCUT2D eigenvalue weighted by atomic mass is 10.0. The number of halogens is 1. The van der Waals surface area contributed by atoms with Crippen LogP contribution in [0.1, 0.15) is 23.2 Å². The average molecular weight is 353 g/mol. The van der Waals surface area contributed by atoms with Crippen molar-refractivity contribution >= 4 is 27.9 Å². The Hall–Kier alpha value is -1.63. The number of hydrogen-bond acceptors (Lipinski definition) is 3. The summed E-state index contributed by atoms with van der Waals surface area (Å²) in [5.41, 5.74) is 0.599. The monoisotopic (exact) mass is 352 g/mol. The van der Waals surface area contributed by atoms with Crippen molar-refractivity contribution in [3.8, 4) is 0 Å². The Labute approximate surface area is 131 Å². The number of aromatic nitrogens is 1. The number of likely N-dealkylation sites (tertiary alicyclic amines) is 1. The van der Waals surface area contributed by atoms with Crippen LogP contribution in [0, 0.1) is 0 Å². The largest absolute Gasteiger partial charge is 0.338 e. The van der Waals surface area contributed by atoms with Gasteiger partial charge < -0.3 is 15.1 Å². The quantitative estimate of drug-likeness (QED) is 0.876. The molecule has 112 valence electrons. The van der Waals surface area contributed by atoms with Crippen LogP contribution in [0.2, 0.25) is 0 Å². The van der Waals surface area contributed by atoms with Crippen molar-refractivity contribution < 1.29 is 9.59 Å². The van der Waals surface area contributed by atoms with Crippen LogP contribution in [-0.4, -0.2) is 58.9 Å². The van der Waals surface area contributed by atoms with E-state index in [-0.39, 0.29) is 18.0 Å². The molecule has 6 nitrogen and oxygen atoms in total. The van der Waals surface area contributed by atoms with E-state index in [0.717, 1.165) is 30.4 Å². The van der Waals surface area contributed by atoms with Gasteiger partial charge in [-0.2, -0.15) is 0 Å². The SMILES string of the molecule is O=C(c1cncc(Br)c1)N1CCC(N2CCNC2=O)CC1. The van der Waals surface area contributed by atoms with Gasteiger partial charge >= 0.3 is 6.03 Å². The van der Waals surface area contributed by atoms with Gasteiger partial charge in [-0.25, -0.2) is 4.79 Å². The second kappa shape index (κ2) is 6.01. The predicted octanol–water partition coefficient (Wildman–Crippen LogP) is 1.47. The molecular formula is C14H17BrN4O2. The van der Waals surface area contributed by atoms with Crippen LogP contribution in [0.4, 0.5) is 4.79 Å². The normalized spacial score (nSPS) is 19.8. The molecule has 2 aliphatic heterocycles. The number of carbonyl (C=O) groups excluding carboxylic acids is 2. The summed E-state index contributed by atoms with van der Waals surface area (Å²) in [6.07, 6.45) is 4.92. The zero-order chi connectivity index (χ0) is 14.8. The minimum absolute atomic E-state index is 0.00752. The Morgan fingerprint density at radius 3 is 2.67 bits per heavy atom. The average Bonchev–Trinajstić information content (AvgIpc) is 2.93. The van der Waals surface area contributed by atoms with E-state index in [2.05, 4.69) is 26.2 Å². The van der Waals surface area contributed by atoms with E-state index in [1.165, 1.54) is 0 Å². The highest BCUT2D eigenvalue weighted by Crippen LogP contribution is 2.20. The van der Waals surface area contributed by atoms with Crippen molar-refractivity contribution in [2.24, 2.45) is 0 Å². The molecule has 0 atom stereocenters. The lowest BCUT2D eigenvalue weighted by molar-refractivity contribution is 0.0665. The van der Waals surface area contributed by atoms with Crippen molar-refractivity contribution in [3.63, 3.8) is 0 Å². The van der Waals surface area contributed by atoms with E-state index in [9.17, 15) is 9.59 Å². The number of amides is 3. The maximum Gasteiger partial charge on any atom is 0.317 e. The molecule has 1 N–H and O–H groups in total. The van der Waals surface area contributed by atoms with Gasteiger partial charge in [0.1, 0.15) is 0 Å². The fraction of sp³-hybridized carbons (Fsp3) is 0.500. The summed E-state index contributed by atoms with van der Waals surface area (Å²) in [5, 5.41) is 2.83. The van der Waals surface area contributed by atoms with Crippen molar-refractivity contribution in [1.29, 1.82) is 0 Å². The fourth-order valence-electron chi connectivity index (χ4n) is 2.93. The highest BCUT2D eigenvalue weighted by atomic mass is 79.9. The van der Waals surface area contributed by atoms with Crippen molar-refractivity contribution in [1.82, 2.24) is 20.1 Å².